The van der Waals surface area contributed by atoms with Crippen LogP contribution in [0.15, 0.2) is 36.4 Å². The van der Waals surface area contributed by atoms with Gasteiger partial charge < -0.3 is 14.5 Å². The van der Waals surface area contributed by atoms with Gasteiger partial charge in [0.2, 0.25) is 6.79 Å². The normalized spacial score (nSPS) is 16.0. The van der Waals surface area contributed by atoms with Gasteiger partial charge in [-0.1, -0.05) is 18.2 Å². The summed E-state index contributed by atoms with van der Waals surface area (Å²) < 4.78 is 10.7. The minimum Gasteiger partial charge on any atom is -0.454 e. The molecular formula is C19H17N3O4. The van der Waals surface area contributed by atoms with Crippen molar-refractivity contribution in [1.82, 2.24) is 9.88 Å². The Hall–Kier alpha value is -3.06. The lowest BCUT2D eigenvalue weighted by molar-refractivity contribution is -0.385. The summed E-state index contributed by atoms with van der Waals surface area (Å²) in [5, 5.41) is 12.7. The van der Waals surface area contributed by atoms with Gasteiger partial charge in [-0.2, -0.15) is 0 Å². The van der Waals surface area contributed by atoms with E-state index < -0.39 is 0 Å². The summed E-state index contributed by atoms with van der Waals surface area (Å²) in [7, 11) is 0. The molecule has 7 nitrogen and oxygen atoms in total. The van der Waals surface area contributed by atoms with Gasteiger partial charge in [-0.05, 0) is 24.1 Å². The number of benzene rings is 2. The first-order valence-electron chi connectivity index (χ1n) is 8.57. The SMILES string of the molecule is O=[N+]([O-])c1cc2c(cc1CN1CCc3c([nH]c4ccccc34)C1)OCO2. The minimum atomic E-state index is -0.352. The number of fused-ring (bicyclic) bond motifs is 4. The fourth-order valence-electron chi connectivity index (χ4n) is 3.89. The number of H-pyrrole nitrogens is 1. The van der Waals surface area contributed by atoms with Crippen LogP contribution in [0.2, 0.25) is 0 Å². The van der Waals surface area contributed by atoms with Crippen molar-refractivity contribution >= 4 is 16.6 Å². The molecule has 5 rings (SSSR count). The monoisotopic (exact) mass is 351 g/mol. The van der Waals surface area contributed by atoms with Crippen LogP contribution in [0.4, 0.5) is 5.69 Å². The summed E-state index contributed by atoms with van der Waals surface area (Å²) in [5.41, 5.74) is 4.43. The number of nitro groups is 1. The first-order valence-corrected chi connectivity index (χ1v) is 8.57. The number of aromatic amines is 1. The van der Waals surface area contributed by atoms with Crippen LogP contribution in [-0.2, 0) is 19.5 Å². The zero-order valence-corrected chi connectivity index (χ0v) is 14.0. The molecule has 3 heterocycles. The van der Waals surface area contributed by atoms with Crippen LogP contribution in [0.1, 0.15) is 16.8 Å². The Balaban J connectivity index is 1.45. The Kier molecular flexibility index (Phi) is 3.36. The molecule has 26 heavy (non-hydrogen) atoms. The van der Waals surface area contributed by atoms with Crippen LogP contribution in [0, 0.1) is 10.1 Å². The van der Waals surface area contributed by atoms with E-state index in [1.165, 1.54) is 22.7 Å². The molecule has 0 bridgehead atoms. The maximum Gasteiger partial charge on any atom is 0.277 e. The highest BCUT2D eigenvalue weighted by Gasteiger charge is 2.26. The molecule has 0 atom stereocenters. The van der Waals surface area contributed by atoms with E-state index >= 15 is 0 Å². The fourth-order valence-corrected chi connectivity index (χ4v) is 3.89. The standard InChI is InChI=1S/C19H17N3O4/c23-22(24)17-8-19-18(25-11-26-19)7-12(17)9-21-6-5-14-13-3-1-2-4-15(13)20-16(14)10-21/h1-4,7-8,20H,5-6,9-11H2. The zero-order valence-electron chi connectivity index (χ0n) is 14.0. The smallest absolute Gasteiger partial charge is 0.277 e. The van der Waals surface area contributed by atoms with E-state index in [4.69, 9.17) is 9.47 Å². The second-order valence-corrected chi connectivity index (χ2v) is 6.68. The van der Waals surface area contributed by atoms with Crippen molar-refractivity contribution in [2.75, 3.05) is 13.3 Å². The molecule has 1 aromatic heterocycles. The lowest BCUT2D eigenvalue weighted by Crippen LogP contribution is -2.30. The maximum absolute atomic E-state index is 11.5. The minimum absolute atomic E-state index is 0.0803. The largest absolute Gasteiger partial charge is 0.454 e. The quantitative estimate of drug-likeness (QED) is 0.578. The lowest BCUT2D eigenvalue weighted by atomic mass is 10.0. The van der Waals surface area contributed by atoms with Crippen molar-refractivity contribution < 1.29 is 14.4 Å². The molecule has 2 aliphatic rings. The van der Waals surface area contributed by atoms with Gasteiger partial charge in [0.05, 0.1) is 11.0 Å². The molecule has 2 aliphatic heterocycles. The van der Waals surface area contributed by atoms with Gasteiger partial charge in [0.15, 0.2) is 11.5 Å². The molecule has 0 unspecified atom stereocenters. The van der Waals surface area contributed by atoms with E-state index in [-0.39, 0.29) is 17.4 Å². The Bertz CT molecular complexity index is 1030. The summed E-state index contributed by atoms with van der Waals surface area (Å²) in [6.07, 6.45) is 0.928. The molecular weight excluding hydrogens is 334 g/mol. The van der Waals surface area contributed by atoms with Gasteiger partial charge >= 0.3 is 0 Å². The average Bonchev–Trinajstić information content (AvgIpc) is 3.23. The average molecular weight is 351 g/mol. The molecule has 0 saturated carbocycles. The third-order valence-corrected chi connectivity index (χ3v) is 5.13. The number of hydrogen-bond acceptors (Lipinski definition) is 5. The maximum atomic E-state index is 11.5. The van der Waals surface area contributed by atoms with Crippen LogP contribution in [0.5, 0.6) is 11.5 Å². The number of para-hydroxylation sites is 1. The second-order valence-electron chi connectivity index (χ2n) is 6.68. The van der Waals surface area contributed by atoms with Crippen LogP contribution >= 0.6 is 0 Å². The third-order valence-electron chi connectivity index (χ3n) is 5.13. The molecule has 0 amide bonds. The van der Waals surface area contributed by atoms with Crippen molar-refractivity contribution in [1.29, 1.82) is 0 Å². The molecule has 0 spiro atoms. The molecule has 0 radical (unpaired) electrons. The third kappa shape index (κ3) is 2.40. The fraction of sp³-hybridized carbons (Fsp3) is 0.263. The zero-order chi connectivity index (χ0) is 17.7. The molecule has 132 valence electrons. The summed E-state index contributed by atoms with van der Waals surface area (Å²) in [6, 6.07) is 11.5. The highest BCUT2D eigenvalue weighted by molar-refractivity contribution is 5.84. The van der Waals surface area contributed by atoms with Gasteiger partial charge in [-0.25, -0.2) is 0 Å². The molecule has 0 fully saturated rings. The molecule has 7 heteroatoms. The second kappa shape index (κ2) is 5.74. The van der Waals surface area contributed by atoms with Crippen LogP contribution in [-0.4, -0.2) is 28.1 Å². The number of nitrogens with zero attached hydrogens (tertiary/aromatic N) is 2. The van der Waals surface area contributed by atoms with Crippen molar-refractivity contribution in [2.24, 2.45) is 0 Å². The van der Waals surface area contributed by atoms with Crippen molar-refractivity contribution in [3.05, 3.63) is 63.3 Å². The highest BCUT2D eigenvalue weighted by atomic mass is 16.7. The Morgan fingerprint density at radius 1 is 1.19 bits per heavy atom. The lowest BCUT2D eigenvalue weighted by Gasteiger charge is -2.26. The van der Waals surface area contributed by atoms with Crippen LogP contribution < -0.4 is 9.47 Å². The van der Waals surface area contributed by atoms with Gasteiger partial charge in [0.25, 0.3) is 5.69 Å². The van der Waals surface area contributed by atoms with Gasteiger partial charge in [-0.15, -0.1) is 0 Å². The number of nitro benzene ring substituents is 1. The summed E-state index contributed by atoms with van der Waals surface area (Å²) in [5.74, 6) is 1.02. The number of nitrogens with one attached hydrogen (secondary N) is 1. The van der Waals surface area contributed by atoms with Crippen molar-refractivity contribution in [3.63, 3.8) is 0 Å². The summed E-state index contributed by atoms with van der Waals surface area (Å²) in [6.45, 7) is 2.22. The van der Waals surface area contributed by atoms with E-state index in [1.54, 1.807) is 6.07 Å². The summed E-state index contributed by atoms with van der Waals surface area (Å²) in [4.78, 5) is 16.8. The van der Waals surface area contributed by atoms with E-state index in [9.17, 15) is 10.1 Å². The molecule has 0 saturated heterocycles. The molecule has 1 N–H and O–H groups in total. The Labute approximate surface area is 149 Å². The first kappa shape index (κ1) is 15.2. The highest BCUT2D eigenvalue weighted by Crippen LogP contribution is 2.39. The number of hydrogen-bond donors (Lipinski definition) is 1. The summed E-state index contributed by atoms with van der Waals surface area (Å²) >= 11 is 0. The Morgan fingerprint density at radius 2 is 2.00 bits per heavy atom. The number of rotatable bonds is 3. The van der Waals surface area contributed by atoms with Crippen LogP contribution in [0.25, 0.3) is 10.9 Å². The predicted octanol–water partition coefficient (Wildman–Crippen LogP) is 3.36. The molecule has 3 aromatic rings. The van der Waals surface area contributed by atoms with E-state index in [0.29, 0.717) is 23.6 Å². The van der Waals surface area contributed by atoms with Crippen LogP contribution in [0.3, 0.4) is 0 Å². The van der Waals surface area contributed by atoms with Gasteiger partial charge in [0, 0.05) is 41.8 Å². The van der Waals surface area contributed by atoms with Gasteiger partial charge in [0.1, 0.15) is 0 Å². The predicted molar refractivity (Wildman–Crippen MR) is 95.3 cm³/mol. The topological polar surface area (TPSA) is 80.6 Å². The van der Waals surface area contributed by atoms with Gasteiger partial charge in [-0.3, -0.25) is 15.0 Å². The Morgan fingerprint density at radius 3 is 2.85 bits per heavy atom. The first-order chi connectivity index (χ1) is 12.7. The molecule has 2 aromatic carbocycles. The number of aromatic nitrogens is 1. The van der Waals surface area contributed by atoms with Crippen molar-refractivity contribution in [3.8, 4) is 11.5 Å². The molecule has 0 aliphatic carbocycles. The van der Waals surface area contributed by atoms with E-state index in [1.807, 2.05) is 6.07 Å². The van der Waals surface area contributed by atoms with E-state index in [0.717, 1.165) is 25.0 Å². The van der Waals surface area contributed by atoms with Crippen molar-refractivity contribution in [2.45, 2.75) is 19.5 Å². The van der Waals surface area contributed by atoms with E-state index in [2.05, 4.69) is 28.1 Å². The number of ether oxygens (including phenoxy) is 2.